The molecule has 158 valence electrons. The van der Waals surface area contributed by atoms with Crippen molar-refractivity contribution < 1.29 is 24.0 Å². The van der Waals surface area contributed by atoms with Crippen LogP contribution in [0.2, 0.25) is 0 Å². The van der Waals surface area contributed by atoms with Gasteiger partial charge in [0.25, 0.3) is 5.69 Å². The number of para-hydroxylation sites is 1. The molecule has 0 bridgehead atoms. The number of esters is 2. The number of cyclic esters (lactones) is 1. The molecule has 1 aliphatic heterocycles. The van der Waals surface area contributed by atoms with Gasteiger partial charge in [0.2, 0.25) is 5.90 Å². The van der Waals surface area contributed by atoms with E-state index < -0.39 is 16.9 Å². The van der Waals surface area contributed by atoms with E-state index in [1.807, 2.05) is 0 Å². The maximum Gasteiger partial charge on any atom is 0.363 e. The van der Waals surface area contributed by atoms with Gasteiger partial charge in [-0.2, -0.15) is 0 Å². The van der Waals surface area contributed by atoms with Gasteiger partial charge in [0, 0.05) is 27.7 Å². The predicted molar refractivity (Wildman–Crippen MR) is 119 cm³/mol. The first-order valence-electron chi connectivity index (χ1n) is 9.25. The average Bonchev–Trinajstić information content (AvgIpc) is 3.15. The van der Waals surface area contributed by atoms with Crippen molar-refractivity contribution in [1.29, 1.82) is 0 Å². The molecule has 0 spiro atoms. The minimum atomic E-state index is -0.696. The SMILES string of the molecule is O=C1OC(c2ccc(Br)cc2)=N/C1=C/c1ccccc1OC(=O)c1ccc([N+](=O)[O-])cc1. The lowest BCUT2D eigenvalue weighted by molar-refractivity contribution is -0.384. The molecular formula is C23H13BrN2O6. The van der Waals surface area contributed by atoms with Crippen molar-refractivity contribution in [1.82, 2.24) is 0 Å². The monoisotopic (exact) mass is 492 g/mol. The maximum atomic E-state index is 12.5. The van der Waals surface area contributed by atoms with Gasteiger partial charge < -0.3 is 9.47 Å². The van der Waals surface area contributed by atoms with Crippen molar-refractivity contribution in [2.75, 3.05) is 0 Å². The highest BCUT2D eigenvalue weighted by atomic mass is 79.9. The van der Waals surface area contributed by atoms with Crippen LogP contribution in [0.4, 0.5) is 5.69 Å². The van der Waals surface area contributed by atoms with Crippen LogP contribution in [0, 0.1) is 10.1 Å². The van der Waals surface area contributed by atoms with Crippen molar-refractivity contribution in [3.05, 3.63) is 110 Å². The zero-order chi connectivity index (χ0) is 22.7. The zero-order valence-corrected chi connectivity index (χ0v) is 17.8. The van der Waals surface area contributed by atoms with Crippen LogP contribution in [-0.2, 0) is 9.53 Å². The van der Waals surface area contributed by atoms with Gasteiger partial charge in [-0.15, -0.1) is 0 Å². The fourth-order valence-corrected chi connectivity index (χ4v) is 3.11. The summed E-state index contributed by atoms with van der Waals surface area (Å²) in [6.45, 7) is 0. The third kappa shape index (κ3) is 4.62. The number of aliphatic imine (C=N–C) groups is 1. The Bertz CT molecular complexity index is 1280. The van der Waals surface area contributed by atoms with Crippen LogP contribution in [0.25, 0.3) is 6.08 Å². The van der Waals surface area contributed by atoms with Crippen LogP contribution in [0.1, 0.15) is 21.5 Å². The van der Waals surface area contributed by atoms with Crippen LogP contribution in [0.3, 0.4) is 0 Å². The number of non-ortho nitro benzene ring substituents is 1. The Kier molecular flexibility index (Phi) is 5.91. The summed E-state index contributed by atoms with van der Waals surface area (Å²) in [7, 11) is 0. The van der Waals surface area contributed by atoms with Crippen molar-refractivity contribution in [3.63, 3.8) is 0 Å². The van der Waals surface area contributed by atoms with Gasteiger partial charge in [-0.25, -0.2) is 14.6 Å². The molecule has 3 aromatic rings. The summed E-state index contributed by atoms with van der Waals surface area (Å²) in [5.74, 6) is -0.948. The number of hydrogen-bond acceptors (Lipinski definition) is 7. The quantitative estimate of drug-likeness (QED) is 0.164. The van der Waals surface area contributed by atoms with Crippen LogP contribution in [-0.4, -0.2) is 22.8 Å². The lowest BCUT2D eigenvalue weighted by Crippen LogP contribution is -2.09. The number of nitro benzene ring substituents is 1. The van der Waals surface area contributed by atoms with E-state index in [9.17, 15) is 19.7 Å². The van der Waals surface area contributed by atoms with E-state index in [-0.39, 0.29) is 28.6 Å². The molecule has 0 aliphatic carbocycles. The second-order valence-electron chi connectivity index (χ2n) is 6.57. The highest BCUT2D eigenvalue weighted by Gasteiger charge is 2.24. The summed E-state index contributed by atoms with van der Waals surface area (Å²) in [5, 5.41) is 10.8. The second-order valence-corrected chi connectivity index (χ2v) is 7.49. The molecule has 3 aromatic carbocycles. The minimum Gasteiger partial charge on any atom is -0.422 e. The summed E-state index contributed by atoms with van der Waals surface area (Å²) >= 11 is 3.35. The summed E-state index contributed by atoms with van der Waals surface area (Å²) in [6.07, 6.45) is 1.46. The highest BCUT2D eigenvalue weighted by molar-refractivity contribution is 9.10. The molecular weight excluding hydrogens is 480 g/mol. The highest BCUT2D eigenvalue weighted by Crippen LogP contribution is 2.26. The Balaban J connectivity index is 1.58. The van der Waals surface area contributed by atoms with Crippen LogP contribution >= 0.6 is 15.9 Å². The van der Waals surface area contributed by atoms with Crippen molar-refractivity contribution in [3.8, 4) is 5.75 Å². The van der Waals surface area contributed by atoms with E-state index in [1.54, 1.807) is 48.5 Å². The number of carbonyl (C=O) groups excluding carboxylic acids is 2. The molecule has 1 aliphatic rings. The van der Waals surface area contributed by atoms with Crippen molar-refractivity contribution >= 4 is 45.5 Å². The number of benzene rings is 3. The van der Waals surface area contributed by atoms with Gasteiger partial charge >= 0.3 is 11.9 Å². The number of ether oxygens (including phenoxy) is 2. The van der Waals surface area contributed by atoms with E-state index in [2.05, 4.69) is 20.9 Å². The van der Waals surface area contributed by atoms with E-state index in [0.717, 1.165) is 4.47 Å². The van der Waals surface area contributed by atoms with Gasteiger partial charge in [0.05, 0.1) is 10.5 Å². The molecule has 0 amide bonds. The van der Waals surface area contributed by atoms with Crippen LogP contribution < -0.4 is 4.74 Å². The largest absolute Gasteiger partial charge is 0.422 e. The molecule has 0 saturated heterocycles. The van der Waals surface area contributed by atoms with Crippen LogP contribution in [0.5, 0.6) is 5.75 Å². The summed E-state index contributed by atoms with van der Waals surface area (Å²) in [5.41, 5.74) is 1.15. The summed E-state index contributed by atoms with van der Waals surface area (Å²) in [6, 6.07) is 18.8. The number of hydrogen-bond donors (Lipinski definition) is 0. The normalized spacial score (nSPS) is 14.1. The standard InChI is InChI=1S/C23H13BrN2O6/c24-17-9-5-14(6-10-17)21-25-19(23(28)32-21)13-16-3-1-2-4-20(16)31-22(27)15-7-11-18(12-8-15)26(29)30/h1-13H/b19-13+. The lowest BCUT2D eigenvalue weighted by Gasteiger charge is -2.07. The number of rotatable bonds is 5. The smallest absolute Gasteiger partial charge is 0.363 e. The molecule has 4 rings (SSSR count). The Labute approximate surface area is 190 Å². The van der Waals surface area contributed by atoms with Crippen molar-refractivity contribution in [2.45, 2.75) is 0 Å². The fraction of sp³-hybridized carbons (Fsp3) is 0. The van der Waals surface area contributed by atoms with E-state index >= 15 is 0 Å². The average molecular weight is 493 g/mol. The first-order chi connectivity index (χ1) is 15.4. The lowest BCUT2D eigenvalue weighted by atomic mass is 10.1. The number of carbonyl (C=O) groups is 2. The molecule has 9 heteroatoms. The molecule has 8 nitrogen and oxygen atoms in total. The molecule has 0 radical (unpaired) electrons. The minimum absolute atomic E-state index is 0.0572. The Hall–Kier alpha value is -4.11. The first-order valence-corrected chi connectivity index (χ1v) is 10.0. The summed E-state index contributed by atoms with van der Waals surface area (Å²) in [4.78, 5) is 39.2. The maximum absolute atomic E-state index is 12.5. The summed E-state index contributed by atoms with van der Waals surface area (Å²) < 4.78 is 11.6. The Morgan fingerprint density at radius 1 is 1.03 bits per heavy atom. The van der Waals surface area contributed by atoms with Crippen molar-refractivity contribution in [2.24, 2.45) is 4.99 Å². The number of nitro groups is 1. The molecule has 0 unspecified atom stereocenters. The second kappa shape index (κ2) is 8.94. The molecule has 0 N–H and O–H groups in total. The van der Waals surface area contributed by atoms with Gasteiger partial charge in [-0.05, 0) is 48.5 Å². The van der Waals surface area contributed by atoms with Gasteiger partial charge in [0.15, 0.2) is 5.70 Å². The van der Waals surface area contributed by atoms with E-state index in [1.165, 1.54) is 30.3 Å². The molecule has 0 fully saturated rings. The first kappa shape index (κ1) is 21.1. The molecule has 32 heavy (non-hydrogen) atoms. The number of halogens is 1. The molecule has 0 aromatic heterocycles. The molecule has 0 atom stereocenters. The third-order valence-corrected chi connectivity index (χ3v) is 4.97. The Morgan fingerprint density at radius 3 is 2.41 bits per heavy atom. The number of nitrogens with zero attached hydrogens (tertiary/aromatic N) is 2. The van der Waals surface area contributed by atoms with Gasteiger partial charge in [-0.3, -0.25) is 10.1 Å². The molecule has 0 saturated carbocycles. The van der Waals surface area contributed by atoms with Gasteiger partial charge in [-0.1, -0.05) is 34.1 Å². The van der Waals surface area contributed by atoms with Gasteiger partial charge in [0.1, 0.15) is 5.75 Å². The zero-order valence-electron chi connectivity index (χ0n) is 16.2. The predicted octanol–water partition coefficient (Wildman–Crippen LogP) is 4.92. The van der Waals surface area contributed by atoms with E-state index in [4.69, 9.17) is 9.47 Å². The molecule has 1 heterocycles. The fourth-order valence-electron chi connectivity index (χ4n) is 2.84. The third-order valence-electron chi connectivity index (χ3n) is 4.44. The van der Waals surface area contributed by atoms with E-state index in [0.29, 0.717) is 11.1 Å². The Morgan fingerprint density at radius 2 is 1.72 bits per heavy atom. The van der Waals surface area contributed by atoms with Crippen LogP contribution in [0.15, 0.2) is 88.0 Å². The topological polar surface area (TPSA) is 108 Å².